The number of rotatable bonds is 3. The second-order valence-electron chi connectivity index (χ2n) is 5.39. The van der Waals surface area contributed by atoms with Crippen molar-refractivity contribution in [3.8, 4) is 11.8 Å². The molecule has 0 aliphatic carbocycles. The summed E-state index contributed by atoms with van der Waals surface area (Å²) in [5.74, 6) is -0.188. The largest absolute Gasteiger partial charge is 0.464 e. The fraction of sp³-hybridized carbons (Fsp3) is 0.176. The summed E-state index contributed by atoms with van der Waals surface area (Å²) in [5.41, 5.74) is 7.37. The molecule has 8 nitrogen and oxygen atoms in total. The van der Waals surface area contributed by atoms with Crippen molar-refractivity contribution in [1.82, 2.24) is 4.57 Å². The van der Waals surface area contributed by atoms with Gasteiger partial charge in [-0.05, 0) is 25.1 Å². The van der Waals surface area contributed by atoms with E-state index in [2.05, 4.69) is 4.99 Å². The van der Waals surface area contributed by atoms with Gasteiger partial charge >= 0.3 is 5.97 Å². The molecule has 2 aromatic rings. The van der Waals surface area contributed by atoms with Crippen LogP contribution in [0.3, 0.4) is 0 Å². The Hall–Kier alpha value is -3.60. The Morgan fingerprint density at radius 1 is 1.40 bits per heavy atom. The van der Waals surface area contributed by atoms with Crippen LogP contribution in [0.1, 0.15) is 23.0 Å². The van der Waals surface area contributed by atoms with Gasteiger partial charge in [-0.25, -0.2) is 4.79 Å². The average molecular weight is 337 g/mol. The van der Waals surface area contributed by atoms with E-state index in [1.165, 1.54) is 22.8 Å². The number of hydrogen-bond donors (Lipinski definition) is 1. The van der Waals surface area contributed by atoms with Gasteiger partial charge in [-0.2, -0.15) is 5.26 Å². The smallest absolute Gasteiger partial charge is 0.357 e. The van der Waals surface area contributed by atoms with Crippen LogP contribution in [0.5, 0.6) is 0 Å². The maximum Gasteiger partial charge on any atom is 0.357 e. The van der Waals surface area contributed by atoms with Crippen molar-refractivity contribution in [1.29, 1.82) is 5.26 Å². The Morgan fingerprint density at radius 2 is 2.12 bits per heavy atom. The SMILES string of the molecule is COC(=O)c1c(N)c(C#N)cn1-c1cccc(N2C(=O)CN=C2C)c1. The lowest BCUT2D eigenvalue weighted by molar-refractivity contribution is -0.115. The Labute approximate surface area is 143 Å². The van der Waals surface area contributed by atoms with Gasteiger partial charge in [0.05, 0.1) is 24.0 Å². The molecular weight excluding hydrogens is 322 g/mol. The maximum absolute atomic E-state index is 12.1. The molecule has 0 spiro atoms. The van der Waals surface area contributed by atoms with Gasteiger partial charge in [0.2, 0.25) is 0 Å². The van der Waals surface area contributed by atoms with Crippen LogP contribution < -0.4 is 10.6 Å². The molecular formula is C17H15N5O3. The van der Waals surface area contributed by atoms with Crippen molar-refractivity contribution in [2.75, 3.05) is 24.3 Å². The number of methoxy groups -OCH3 is 1. The lowest BCUT2D eigenvalue weighted by Gasteiger charge is -2.18. The third kappa shape index (κ3) is 2.61. The minimum absolute atomic E-state index is 0.0507. The van der Waals surface area contributed by atoms with E-state index in [9.17, 15) is 14.9 Å². The van der Waals surface area contributed by atoms with Crippen molar-refractivity contribution in [3.63, 3.8) is 0 Å². The summed E-state index contributed by atoms with van der Waals surface area (Å²) in [4.78, 5) is 29.7. The summed E-state index contributed by atoms with van der Waals surface area (Å²) in [5, 5.41) is 9.19. The predicted octanol–water partition coefficient (Wildman–Crippen LogP) is 1.48. The highest BCUT2D eigenvalue weighted by atomic mass is 16.5. The third-order valence-electron chi connectivity index (χ3n) is 3.93. The molecule has 1 aromatic heterocycles. The van der Waals surface area contributed by atoms with Crippen LogP contribution in [0.15, 0.2) is 35.5 Å². The number of nitriles is 1. The standard InChI is InChI=1S/C17H15N5O3/c1-10-20-8-14(23)22(10)13-5-3-4-12(6-13)21-9-11(7-18)15(19)16(21)17(24)25-2/h3-6,9H,8,19H2,1-2H3. The second kappa shape index (κ2) is 6.13. The van der Waals surface area contributed by atoms with Crippen LogP contribution in [-0.4, -0.2) is 35.9 Å². The normalized spacial score (nSPS) is 13.6. The van der Waals surface area contributed by atoms with Gasteiger partial charge in [0.15, 0.2) is 5.69 Å². The van der Waals surface area contributed by atoms with Gasteiger partial charge in [-0.1, -0.05) is 6.07 Å². The van der Waals surface area contributed by atoms with Crippen LogP contribution in [-0.2, 0) is 9.53 Å². The maximum atomic E-state index is 12.1. The Bertz CT molecular complexity index is 952. The second-order valence-corrected chi connectivity index (χ2v) is 5.39. The fourth-order valence-electron chi connectivity index (χ4n) is 2.73. The Balaban J connectivity index is 2.14. The van der Waals surface area contributed by atoms with E-state index < -0.39 is 5.97 Å². The minimum atomic E-state index is -0.653. The molecule has 0 fully saturated rings. The first-order valence-corrected chi connectivity index (χ1v) is 7.41. The highest BCUT2D eigenvalue weighted by Gasteiger charge is 2.25. The van der Waals surface area contributed by atoms with Crippen LogP contribution in [0, 0.1) is 11.3 Å². The number of anilines is 2. The first-order valence-electron chi connectivity index (χ1n) is 7.41. The number of esters is 1. The summed E-state index contributed by atoms with van der Waals surface area (Å²) in [6.07, 6.45) is 1.47. The summed E-state index contributed by atoms with van der Waals surface area (Å²) in [6.45, 7) is 1.86. The van der Waals surface area contributed by atoms with Crippen LogP contribution in [0.25, 0.3) is 5.69 Å². The van der Waals surface area contributed by atoms with Crippen molar-refractivity contribution in [3.05, 3.63) is 41.7 Å². The monoisotopic (exact) mass is 337 g/mol. The number of nitrogens with zero attached hydrogens (tertiary/aromatic N) is 4. The van der Waals surface area contributed by atoms with E-state index >= 15 is 0 Å². The molecule has 8 heteroatoms. The average Bonchev–Trinajstić information content (AvgIpc) is 3.13. The Kier molecular flexibility index (Phi) is 3.99. The number of aromatic nitrogens is 1. The Morgan fingerprint density at radius 3 is 2.72 bits per heavy atom. The molecule has 25 heavy (non-hydrogen) atoms. The van der Waals surface area contributed by atoms with Gasteiger partial charge in [0.1, 0.15) is 18.4 Å². The molecule has 0 atom stereocenters. The quantitative estimate of drug-likeness (QED) is 0.852. The van der Waals surface area contributed by atoms with Crippen LogP contribution in [0.4, 0.5) is 11.4 Å². The van der Waals surface area contributed by atoms with Crippen molar-refractivity contribution in [2.24, 2.45) is 4.99 Å². The van der Waals surface area contributed by atoms with Gasteiger partial charge in [0.25, 0.3) is 5.91 Å². The minimum Gasteiger partial charge on any atom is -0.464 e. The number of carbonyl (C=O) groups is 2. The summed E-state index contributed by atoms with van der Waals surface area (Å²) >= 11 is 0. The van der Waals surface area contributed by atoms with Crippen LogP contribution in [0.2, 0.25) is 0 Å². The number of benzene rings is 1. The van der Waals surface area contributed by atoms with Crippen molar-refractivity contribution >= 4 is 29.1 Å². The fourth-order valence-corrected chi connectivity index (χ4v) is 2.73. The molecule has 1 aliphatic heterocycles. The number of amides is 1. The van der Waals surface area contributed by atoms with Crippen molar-refractivity contribution < 1.29 is 14.3 Å². The molecule has 126 valence electrons. The number of nitrogen functional groups attached to an aromatic ring is 1. The highest BCUT2D eigenvalue weighted by Crippen LogP contribution is 2.27. The predicted molar refractivity (Wildman–Crippen MR) is 91.7 cm³/mol. The van der Waals surface area contributed by atoms with E-state index in [-0.39, 0.29) is 29.4 Å². The molecule has 3 rings (SSSR count). The van der Waals surface area contributed by atoms with Crippen molar-refractivity contribution in [2.45, 2.75) is 6.92 Å². The molecule has 0 bridgehead atoms. The summed E-state index contributed by atoms with van der Waals surface area (Å²) in [6, 6.07) is 8.92. The molecule has 0 unspecified atom stereocenters. The molecule has 0 radical (unpaired) electrons. The highest BCUT2D eigenvalue weighted by molar-refractivity contribution is 6.20. The van der Waals surface area contributed by atoms with E-state index in [0.29, 0.717) is 17.2 Å². The zero-order valence-corrected chi connectivity index (χ0v) is 13.7. The first kappa shape index (κ1) is 16.3. The van der Waals surface area contributed by atoms with E-state index in [4.69, 9.17) is 10.5 Å². The topological polar surface area (TPSA) is 114 Å². The number of hydrogen-bond acceptors (Lipinski definition) is 6. The molecule has 1 aromatic carbocycles. The lowest BCUT2D eigenvalue weighted by Crippen LogP contribution is -2.30. The molecule has 2 N–H and O–H groups in total. The summed E-state index contributed by atoms with van der Waals surface area (Å²) in [7, 11) is 1.24. The molecule has 2 heterocycles. The zero-order valence-electron chi connectivity index (χ0n) is 13.7. The number of carbonyl (C=O) groups excluding carboxylic acids is 2. The molecule has 0 saturated heterocycles. The number of amidine groups is 1. The van der Waals surface area contributed by atoms with E-state index in [1.807, 2.05) is 6.07 Å². The third-order valence-corrected chi connectivity index (χ3v) is 3.93. The van der Waals surface area contributed by atoms with Gasteiger partial charge in [-0.3, -0.25) is 14.7 Å². The molecule has 1 aliphatic rings. The van der Waals surface area contributed by atoms with Crippen LogP contribution >= 0.6 is 0 Å². The number of ether oxygens (including phenoxy) is 1. The zero-order chi connectivity index (χ0) is 18.1. The van der Waals surface area contributed by atoms with Gasteiger partial charge in [0, 0.05) is 11.9 Å². The van der Waals surface area contributed by atoms with E-state index in [0.717, 1.165) is 0 Å². The van der Waals surface area contributed by atoms with Gasteiger partial charge in [-0.15, -0.1) is 0 Å². The lowest BCUT2D eigenvalue weighted by atomic mass is 10.2. The van der Waals surface area contributed by atoms with E-state index in [1.54, 1.807) is 31.2 Å². The number of nitrogens with two attached hydrogens (primary N) is 1. The number of aliphatic imine (C=N–C) groups is 1. The molecule has 0 saturated carbocycles. The first-order chi connectivity index (χ1) is 12.0. The molecule has 1 amide bonds. The van der Waals surface area contributed by atoms with Gasteiger partial charge < -0.3 is 15.0 Å². The summed E-state index contributed by atoms with van der Waals surface area (Å²) < 4.78 is 6.25.